The molecule has 0 spiro atoms. The van der Waals surface area contributed by atoms with E-state index < -0.39 is 16.0 Å². The molecule has 12 nitrogen and oxygen atoms in total. The second-order valence-electron chi connectivity index (χ2n) is 11.7. The zero-order chi connectivity index (χ0) is 37.8. The van der Waals surface area contributed by atoms with Crippen molar-refractivity contribution in [3.8, 4) is 11.5 Å². The molecule has 1 aliphatic rings. The van der Waals surface area contributed by atoms with E-state index in [2.05, 4.69) is 41.1 Å². The van der Waals surface area contributed by atoms with Crippen LogP contribution in [0.25, 0.3) is 6.08 Å². The third-order valence-electron chi connectivity index (χ3n) is 5.25. The average Bonchev–Trinajstić information content (AvgIpc) is 3.84. The summed E-state index contributed by atoms with van der Waals surface area (Å²) in [5.74, 6) is 0.00270. The van der Waals surface area contributed by atoms with Crippen LogP contribution in [0.4, 0.5) is 5.69 Å². The van der Waals surface area contributed by atoms with E-state index >= 15 is 0 Å². The minimum Gasteiger partial charge on any atom is -0.508 e. The highest BCUT2D eigenvalue weighted by atomic mass is 32.2. The summed E-state index contributed by atoms with van der Waals surface area (Å²) in [5, 5.41) is 11.6. The maximum atomic E-state index is 11.1. The number of phenolic OH excluding ortho intramolecular Hbond substituents is 1. The van der Waals surface area contributed by atoms with E-state index in [0.29, 0.717) is 35.6 Å². The van der Waals surface area contributed by atoms with E-state index in [0.717, 1.165) is 17.6 Å². The minimum atomic E-state index is -3.21. The number of esters is 2. The molecule has 3 rings (SSSR count). The first-order chi connectivity index (χ1) is 22.6. The number of carbonyl (C=O) groups is 3. The van der Waals surface area contributed by atoms with Gasteiger partial charge in [-0.15, -0.1) is 0 Å². The molecular weight excluding hydrogens is 652 g/mol. The lowest BCUT2D eigenvalue weighted by Gasteiger charge is -2.21. The Kier molecular flexibility index (Phi) is 19.9. The number of nitrogens with one attached hydrogen (secondary N) is 2. The van der Waals surface area contributed by atoms with E-state index in [-0.39, 0.29) is 42.5 Å². The number of benzene rings is 2. The monoisotopic (exact) mass is 702 g/mol. The lowest BCUT2D eigenvalue weighted by atomic mass is 10.2. The van der Waals surface area contributed by atoms with Gasteiger partial charge in [-0.3, -0.25) is 4.79 Å². The van der Waals surface area contributed by atoms with E-state index in [1.54, 1.807) is 26.0 Å². The maximum absolute atomic E-state index is 11.1. The maximum Gasteiger partial charge on any atom is 0.333 e. The highest BCUT2D eigenvalue weighted by Gasteiger charge is 2.24. The second-order valence-corrected chi connectivity index (χ2v) is 13.5. The number of hydrogen-bond donors (Lipinski definition) is 3. The third kappa shape index (κ3) is 25.0. The number of epoxide rings is 1. The molecule has 270 valence electrons. The molecule has 1 saturated heterocycles. The zero-order valence-corrected chi connectivity index (χ0v) is 30.3. The van der Waals surface area contributed by atoms with Gasteiger partial charge in [0.05, 0.1) is 12.9 Å². The molecule has 1 atom stereocenters. The standard InChI is InChI=1S/C12H16O.C10H11NO2.C7H13NO4S.C7H10O3/c1-5-10-6-8-11(9-7-10)13-12(2,3)4;1-7(2)10(13)11-8-3-5-9(12)6-4-8;1-6(2)7(9)12-5-4-8-13(3,10)11;1-5(2)7(8)10-4-6-3-9-6/h5-9H,1H2,2-4H3;3-6,12H,1H2,2H3,(H,11,13);8H,1,4-5H2,2-3H3;6H,1,3-4H2,2H3. The predicted octanol–water partition coefficient (Wildman–Crippen LogP) is 5.57. The summed E-state index contributed by atoms with van der Waals surface area (Å²) >= 11 is 0. The average molecular weight is 703 g/mol. The molecule has 0 bridgehead atoms. The number of amides is 1. The van der Waals surface area contributed by atoms with Crippen molar-refractivity contribution in [1.29, 1.82) is 0 Å². The Morgan fingerprint density at radius 2 is 1.43 bits per heavy atom. The highest BCUT2D eigenvalue weighted by molar-refractivity contribution is 7.88. The first-order valence-electron chi connectivity index (χ1n) is 15.0. The summed E-state index contributed by atoms with van der Waals surface area (Å²) in [4.78, 5) is 32.6. The normalized spacial score (nSPS) is 12.8. The van der Waals surface area contributed by atoms with Crippen molar-refractivity contribution in [1.82, 2.24) is 4.72 Å². The van der Waals surface area contributed by atoms with Crippen LogP contribution in [0.1, 0.15) is 47.1 Å². The van der Waals surface area contributed by atoms with Gasteiger partial charge in [0, 0.05) is 29.0 Å². The van der Waals surface area contributed by atoms with Crippen LogP contribution in [0, 0.1) is 0 Å². The Bertz CT molecular complexity index is 1520. The summed E-state index contributed by atoms with van der Waals surface area (Å²) in [6, 6.07) is 14.2. The number of aromatic hydroxyl groups is 1. The summed E-state index contributed by atoms with van der Waals surface area (Å²) in [7, 11) is -3.21. The smallest absolute Gasteiger partial charge is 0.333 e. The van der Waals surface area contributed by atoms with Crippen molar-refractivity contribution in [3.63, 3.8) is 0 Å². The first-order valence-corrected chi connectivity index (χ1v) is 16.9. The molecule has 0 saturated carbocycles. The SMILES string of the molecule is C=C(C)C(=O)Nc1ccc(O)cc1.C=C(C)C(=O)OCC1CO1.C=C(C)C(=O)OCCNS(C)(=O)=O.C=Cc1ccc(OC(C)(C)C)cc1. The van der Waals surface area contributed by atoms with Crippen molar-refractivity contribution in [3.05, 3.63) is 97.1 Å². The molecule has 2 aromatic carbocycles. The van der Waals surface area contributed by atoms with E-state index in [9.17, 15) is 22.8 Å². The van der Waals surface area contributed by atoms with E-state index in [4.69, 9.17) is 19.3 Å². The number of anilines is 1. The van der Waals surface area contributed by atoms with Crippen LogP contribution in [-0.2, 0) is 38.6 Å². The Morgan fingerprint density at radius 1 is 0.918 bits per heavy atom. The van der Waals surface area contributed by atoms with Crippen molar-refractivity contribution in [2.24, 2.45) is 0 Å². The molecular formula is C36H50N2O10S. The summed E-state index contributed by atoms with van der Waals surface area (Å²) in [5.41, 5.74) is 2.80. The second kappa shape index (κ2) is 22.0. The fourth-order valence-corrected chi connectivity index (χ4v) is 3.21. The van der Waals surface area contributed by atoms with Gasteiger partial charge in [-0.25, -0.2) is 22.7 Å². The van der Waals surface area contributed by atoms with Gasteiger partial charge < -0.3 is 29.4 Å². The molecule has 1 amide bonds. The van der Waals surface area contributed by atoms with Crippen LogP contribution in [0.3, 0.4) is 0 Å². The topological polar surface area (TPSA) is 170 Å². The lowest BCUT2D eigenvalue weighted by Crippen LogP contribution is -2.26. The summed E-state index contributed by atoms with van der Waals surface area (Å²) < 4.78 is 43.2. The number of phenols is 1. The molecule has 1 aliphatic heterocycles. The van der Waals surface area contributed by atoms with Gasteiger partial charge in [0.15, 0.2) is 0 Å². The molecule has 0 aromatic heterocycles. The van der Waals surface area contributed by atoms with E-state index in [1.165, 1.54) is 19.1 Å². The van der Waals surface area contributed by atoms with Crippen LogP contribution in [-0.4, -0.2) is 75.7 Å². The van der Waals surface area contributed by atoms with E-state index in [1.807, 2.05) is 51.1 Å². The Hall–Kier alpha value is -4.72. The van der Waals surface area contributed by atoms with Crippen LogP contribution in [0.15, 0.2) is 91.6 Å². The van der Waals surface area contributed by atoms with Gasteiger partial charge >= 0.3 is 11.9 Å². The van der Waals surface area contributed by atoms with Gasteiger partial charge in [-0.2, -0.15) is 0 Å². The molecule has 49 heavy (non-hydrogen) atoms. The Balaban J connectivity index is 0.000000630. The molecule has 1 unspecified atom stereocenters. The number of hydrogen-bond acceptors (Lipinski definition) is 10. The Labute approximate surface area is 290 Å². The zero-order valence-electron chi connectivity index (χ0n) is 29.5. The van der Waals surface area contributed by atoms with Crippen LogP contribution in [0.2, 0.25) is 0 Å². The quantitative estimate of drug-likeness (QED) is 0.0835. The molecule has 3 N–H and O–H groups in total. The molecule has 1 heterocycles. The summed E-state index contributed by atoms with van der Waals surface area (Å²) in [6.07, 6.45) is 3.00. The van der Waals surface area contributed by atoms with Crippen molar-refractivity contribution < 1.29 is 46.9 Å². The van der Waals surface area contributed by atoms with Crippen molar-refractivity contribution >= 4 is 39.6 Å². The fourth-order valence-electron chi connectivity index (χ4n) is 2.76. The number of rotatable bonds is 12. The van der Waals surface area contributed by atoms with Gasteiger partial charge in [-0.05, 0) is 83.5 Å². The molecule has 13 heteroatoms. The number of carbonyl (C=O) groups excluding carboxylic acids is 3. The molecule has 0 radical (unpaired) electrons. The van der Waals surface area contributed by atoms with Gasteiger partial charge in [0.2, 0.25) is 10.0 Å². The Morgan fingerprint density at radius 3 is 1.84 bits per heavy atom. The van der Waals surface area contributed by atoms with Gasteiger partial charge in [0.1, 0.15) is 36.4 Å². The largest absolute Gasteiger partial charge is 0.508 e. The number of sulfonamides is 1. The molecule has 2 aromatic rings. The molecule has 0 aliphatic carbocycles. The molecule has 1 fully saturated rings. The highest BCUT2D eigenvalue weighted by Crippen LogP contribution is 2.18. The fraction of sp³-hybridized carbons (Fsp3) is 0.361. The first kappa shape index (κ1) is 44.3. The van der Waals surface area contributed by atoms with Gasteiger partial charge in [-0.1, -0.05) is 44.5 Å². The van der Waals surface area contributed by atoms with Crippen LogP contribution < -0.4 is 14.8 Å². The van der Waals surface area contributed by atoms with Crippen molar-refractivity contribution in [2.75, 3.05) is 37.9 Å². The third-order valence-corrected chi connectivity index (χ3v) is 5.98. The lowest BCUT2D eigenvalue weighted by molar-refractivity contribution is -0.139. The van der Waals surface area contributed by atoms with Crippen molar-refractivity contribution in [2.45, 2.75) is 53.2 Å². The van der Waals surface area contributed by atoms with Crippen LogP contribution >= 0.6 is 0 Å². The number of ether oxygens (including phenoxy) is 4. The van der Waals surface area contributed by atoms with Gasteiger partial charge in [0.25, 0.3) is 5.91 Å². The minimum absolute atomic E-state index is 0.0127. The predicted molar refractivity (Wildman–Crippen MR) is 193 cm³/mol. The van der Waals surface area contributed by atoms with Crippen LogP contribution in [0.5, 0.6) is 11.5 Å². The summed E-state index contributed by atoms with van der Waals surface area (Å²) in [6.45, 7) is 26.1.